The minimum absolute atomic E-state index is 0.0246. The molecule has 2 N–H and O–H groups in total. The summed E-state index contributed by atoms with van der Waals surface area (Å²) in [7, 11) is 1.59. The number of carbonyl (C=O) groups excluding carboxylic acids is 1. The molecular formula is C24H25NO4. The maximum Gasteiger partial charge on any atom is 0.235 e. The number of nitrogens with one attached hydrogen (secondary N) is 1. The zero-order valence-electron chi connectivity index (χ0n) is 16.5. The van der Waals surface area contributed by atoms with Gasteiger partial charge in [0.05, 0.1) is 18.1 Å². The summed E-state index contributed by atoms with van der Waals surface area (Å²) in [5.74, 6) is 1.73. The molecule has 0 atom stereocenters. The fourth-order valence-corrected chi connectivity index (χ4v) is 4.21. The van der Waals surface area contributed by atoms with Crippen molar-refractivity contribution in [3.05, 3.63) is 72.0 Å². The molecule has 4 rings (SSSR count). The van der Waals surface area contributed by atoms with Crippen LogP contribution in [-0.4, -0.2) is 18.1 Å². The largest absolute Gasteiger partial charge is 0.496 e. The fraction of sp³-hybridized carbons (Fsp3) is 0.292. The lowest BCUT2D eigenvalue weighted by atomic mass is 9.78. The van der Waals surface area contributed by atoms with Crippen LogP contribution in [0.3, 0.4) is 0 Å². The van der Waals surface area contributed by atoms with Gasteiger partial charge in [0, 0.05) is 11.8 Å². The van der Waals surface area contributed by atoms with E-state index in [9.17, 15) is 9.90 Å². The van der Waals surface area contributed by atoms with Crippen molar-refractivity contribution in [1.82, 2.24) is 0 Å². The monoisotopic (exact) mass is 391 g/mol. The Bertz CT molecular complexity index is 987. The Balaban J connectivity index is 1.61. The number of furan rings is 1. The van der Waals surface area contributed by atoms with E-state index in [1.54, 1.807) is 19.2 Å². The third-order valence-electron chi connectivity index (χ3n) is 5.76. The average Bonchev–Trinajstić information content (AvgIpc) is 3.45. The van der Waals surface area contributed by atoms with Crippen LogP contribution in [0.5, 0.6) is 5.75 Å². The second kappa shape index (κ2) is 8.13. The van der Waals surface area contributed by atoms with Crippen molar-refractivity contribution in [3.8, 4) is 17.1 Å². The second-order valence-electron chi connectivity index (χ2n) is 7.45. The van der Waals surface area contributed by atoms with Crippen LogP contribution < -0.4 is 10.1 Å². The molecule has 1 amide bonds. The van der Waals surface area contributed by atoms with Gasteiger partial charge in [-0.05, 0) is 42.7 Å². The van der Waals surface area contributed by atoms with Gasteiger partial charge in [-0.25, -0.2) is 0 Å². The molecule has 0 saturated heterocycles. The number of aliphatic hydroxyl groups excluding tert-OH is 1. The van der Waals surface area contributed by atoms with E-state index in [0.717, 1.165) is 36.8 Å². The Hall–Kier alpha value is -3.05. The summed E-state index contributed by atoms with van der Waals surface area (Å²) in [6.07, 6.45) is 3.81. The third kappa shape index (κ3) is 3.66. The Morgan fingerprint density at radius 1 is 1.10 bits per heavy atom. The highest BCUT2D eigenvalue weighted by Crippen LogP contribution is 2.42. The number of aliphatic hydroxyl groups is 1. The van der Waals surface area contributed by atoms with Crippen molar-refractivity contribution in [3.63, 3.8) is 0 Å². The molecule has 1 saturated carbocycles. The molecule has 0 radical (unpaired) electrons. The van der Waals surface area contributed by atoms with Crippen molar-refractivity contribution in [2.75, 3.05) is 12.4 Å². The van der Waals surface area contributed by atoms with Gasteiger partial charge < -0.3 is 19.6 Å². The first kappa shape index (κ1) is 19.3. The zero-order chi connectivity index (χ0) is 20.3. The topological polar surface area (TPSA) is 71.7 Å². The molecule has 1 aromatic heterocycles. The number of anilines is 1. The van der Waals surface area contributed by atoms with Crippen LogP contribution in [0, 0.1) is 0 Å². The van der Waals surface area contributed by atoms with Crippen LogP contribution in [0.15, 0.2) is 65.1 Å². The summed E-state index contributed by atoms with van der Waals surface area (Å²) in [6, 6.07) is 19.1. The minimum Gasteiger partial charge on any atom is -0.496 e. The Morgan fingerprint density at radius 2 is 1.86 bits per heavy atom. The number of methoxy groups -OCH3 is 1. The quantitative estimate of drug-likeness (QED) is 0.627. The van der Waals surface area contributed by atoms with Gasteiger partial charge in [-0.3, -0.25) is 4.79 Å². The van der Waals surface area contributed by atoms with Crippen molar-refractivity contribution in [2.24, 2.45) is 0 Å². The molecule has 0 aliphatic heterocycles. The zero-order valence-corrected chi connectivity index (χ0v) is 16.5. The number of amides is 1. The number of hydrogen-bond donors (Lipinski definition) is 2. The van der Waals surface area contributed by atoms with E-state index >= 15 is 0 Å². The predicted octanol–water partition coefficient (Wildman–Crippen LogP) is 4.90. The average molecular weight is 391 g/mol. The van der Waals surface area contributed by atoms with Crippen molar-refractivity contribution in [1.29, 1.82) is 0 Å². The van der Waals surface area contributed by atoms with Crippen molar-refractivity contribution >= 4 is 11.6 Å². The van der Waals surface area contributed by atoms with Crippen LogP contribution in [0.25, 0.3) is 11.3 Å². The van der Waals surface area contributed by atoms with Crippen LogP contribution >= 0.6 is 0 Å². The lowest BCUT2D eigenvalue weighted by Crippen LogP contribution is -2.37. The highest BCUT2D eigenvalue weighted by atomic mass is 16.5. The number of carbonyl (C=O) groups is 1. The smallest absolute Gasteiger partial charge is 0.235 e. The molecule has 5 heteroatoms. The number of hydrogen-bond acceptors (Lipinski definition) is 4. The normalized spacial score (nSPS) is 15.2. The van der Waals surface area contributed by atoms with Crippen LogP contribution in [0.2, 0.25) is 0 Å². The van der Waals surface area contributed by atoms with Crippen LogP contribution in [0.4, 0.5) is 5.69 Å². The van der Waals surface area contributed by atoms with Gasteiger partial charge in [-0.15, -0.1) is 0 Å². The molecule has 0 spiro atoms. The first-order valence-corrected chi connectivity index (χ1v) is 9.91. The van der Waals surface area contributed by atoms with Crippen LogP contribution in [0.1, 0.15) is 37.0 Å². The van der Waals surface area contributed by atoms with Gasteiger partial charge in [-0.1, -0.05) is 43.2 Å². The first-order valence-electron chi connectivity index (χ1n) is 9.91. The number of benzene rings is 2. The molecule has 1 fully saturated rings. The first-order chi connectivity index (χ1) is 14.2. The fourth-order valence-electron chi connectivity index (χ4n) is 4.21. The summed E-state index contributed by atoms with van der Waals surface area (Å²) in [5.41, 5.74) is 2.05. The predicted molar refractivity (Wildman–Crippen MR) is 112 cm³/mol. The lowest BCUT2D eigenvalue weighted by Gasteiger charge is -2.28. The molecule has 150 valence electrons. The van der Waals surface area contributed by atoms with Gasteiger partial charge in [-0.2, -0.15) is 0 Å². The molecule has 1 heterocycles. The van der Waals surface area contributed by atoms with E-state index in [0.29, 0.717) is 23.0 Å². The van der Waals surface area contributed by atoms with Crippen molar-refractivity contribution < 1.29 is 19.1 Å². The Labute approximate surface area is 170 Å². The highest BCUT2D eigenvalue weighted by molar-refractivity contribution is 5.99. The van der Waals surface area contributed by atoms with E-state index in [-0.39, 0.29) is 12.5 Å². The maximum atomic E-state index is 13.3. The van der Waals surface area contributed by atoms with Crippen LogP contribution in [-0.2, 0) is 16.8 Å². The van der Waals surface area contributed by atoms with Gasteiger partial charge in [0.15, 0.2) is 0 Å². The Kier molecular flexibility index (Phi) is 5.41. The van der Waals surface area contributed by atoms with Gasteiger partial charge in [0.2, 0.25) is 5.91 Å². The molecular weight excluding hydrogens is 366 g/mol. The minimum atomic E-state index is -0.482. The number of rotatable bonds is 6. The summed E-state index contributed by atoms with van der Waals surface area (Å²) in [6.45, 7) is -0.155. The second-order valence-corrected chi connectivity index (χ2v) is 7.45. The van der Waals surface area contributed by atoms with E-state index in [4.69, 9.17) is 9.15 Å². The van der Waals surface area contributed by atoms with E-state index in [1.165, 1.54) is 0 Å². The standard InChI is InChI=1S/C24H25NO4/c1-28-22-15-18(9-11-20(22)21-12-10-19(16-26)29-21)25-23(27)24(13-5-6-14-24)17-7-3-2-4-8-17/h2-4,7-12,15,26H,5-6,13-14,16H2,1H3,(H,25,27). The molecule has 0 bridgehead atoms. The maximum absolute atomic E-state index is 13.3. The van der Waals surface area contributed by atoms with Gasteiger partial charge in [0.25, 0.3) is 0 Å². The lowest BCUT2D eigenvalue weighted by molar-refractivity contribution is -0.121. The summed E-state index contributed by atoms with van der Waals surface area (Å²) < 4.78 is 11.1. The molecule has 5 nitrogen and oxygen atoms in total. The number of ether oxygens (including phenoxy) is 1. The molecule has 0 unspecified atom stereocenters. The molecule has 29 heavy (non-hydrogen) atoms. The van der Waals surface area contributed by atoms with Crippen molar-refractivity contribution in [2.45, 2.75) is 37.7 Å². The van der Waals surface area contributed by atoms with E-state index < -0.39 is 5.41 Å². The highest BCUT2D eigenvalue weighted by Gasteiger charge is 2.42. The summed E-state index contributed by atoms with van der Waals surface area (Å²) in [5, 5.41) is 12.3. The third-order valence-corrected chi connectivity index (χ3v) is 5.76. The van der Waals surface area contributed by atoms with Gasteiger partial charge >= 0.3 is 0 Å². The van der Waals surface area contributed by atoms with E-state index in [1.807, 2.05) is 48.5 Å². The molecule has 1 aliphatic carbocycles. The molecule has 1 aliphatic rings. The van der Waals surface area contributed by atoms with E-state index in [2.05, 4.69) is 5.32 Å². The SMILES string of the molecule is COc1cc(NC(=O)C2(c3ccccc3)CCCC2)ccc1-c1ccc(CO)o1. The molecule has 2 aromatic carbocycles. The Morgan fingerprint density at radius 3 is 2.52 bits per heavy atom. The summed E-state index contributed by atoms with van der Waals surface area (Å²) >= 11 is 0. The summed E-state index contributed by atoms with van der Waals surface area (Å²) in [4.78, 5) is 13.3. The molecule has 3 aromatic rings. The van der Waals surface area contributed by atoms with Gasteiger partial charge in [0.1, 0.15) is 23.9 Å².